The molecule has 0 fully saturated rings. The summed E-state index contributed by atoms with van der Waals surface area (Å²) in [5.41, 5.74) is -1.73. The van der Waals surface area contributed by atoms with Crippen molar-refractivity contribution in [3.05, 3.63) is 59.2 Å². The standard InChI is InChI=1S/C21H18F6N4OS/c1-3-31-18(13-6-4-12(2)5-7-13)29-30-19(31)33-11-17(32)28-16-9-14(20(22,23)24)8-15(10-16)21(25,26)27/h4-10H,3,11H2,1-2H3,(H,28,32). The first-order valence-electron chi connectivity index (χ1n) is 9.61. The Labute approximate surface area is 189 Å². The molecule has 1 amide bonds. The minimum Gasteiger partial charge on any atom is -0.325 e. The Morgan fingerprint density at radius 1 is 0.970 bits per heavy atom. The zero-order valence-electron chi connectivity index (χ0n) is 17.4. The van der Waals surface area contributed by atoms with Crippen LogP contribution in [0.1, 0.15) is 23.6 Å². The van der Waals surface area contributed by atoms with E-state index in [-0.39, 0.29) is 11.8 Å². The van der Waals surface area contributed by atoms with Gasteiger partial charge in [-0.25, -0.2) is 0 Å². The summed E-state index contributed by atoms with van der Waals surface area (Å²) < 4.78 is 79.7. The van der Waals surface area contributed by atoms with Crippen LogP contribution in [0.2, 0.25) is 0 Å². The molecule has 5 nitrogen and oxygen atoms in total. The molecule has 0 atom stereocenters. The van der Waals surface area contributed by atoms with Crippen molar-refractivity contribution in [2.75, 3.05) is 11.1 Å². The first-order chi connectivity index (χ1) is 15.4. The molecule has 176 valence electrons. The van der Waals surface area contributed by atoms with Gasteiger partial charge in [0.15, 0.2) is 11.0 Å². The minimum atomic E-state index is -5.00. The highest BCUT2D eigenvalue weighted by molar-refractivity contribution is 7.99. The smallest absolute Gasteiger partial charge is 0.325 e. The van der Waals surface area contributed by atoms with Gasteiger partial charge in [0.1, 0.15) is 0 Å². The Morgan fingerprint density at radius 2 is 1.55 bits per heavy atom. The van der Waals surface area contributed by atoms with Gasteiger partial charge in [0.25, 0.3) is 0 Å². The van der Waals surface area contributed by atoms with Crippen LogP contribution in [0, 0.1) is 6.92 Å². The lowest BCUT2D eigenvalue weighted by Crippen LogP contribution is -2.17. The lowest BCUT2D eigenvalue weighted by atomic mass is 10.1. The van der Waals surface area contributed by atoms with Crippen molar-refractivity contribution in [2.24, 2.45) is 0 Å². The number of alkyl halides is 6. The SMILES string of the molecule is CCn1c(SCC(=O)Nc2cc(C(F)(F)F)cc(C(F)(F)F)c2)nnc1-c1ccc(C)cc1. The van der Waals surface area contributed by atoms with Crippen LogP contribution in [-0.2, 0) is 23.7 Å². The predicted molar refractivity (Wildman–Crippen MR) is 112 cm³/mol. The molecule has 2 aromatic carbocycles. The zero-order valence-corrected chi connectivity index (χ0v) is 18.2. The molecule has 0 aliphatic heterocycles. The van der Waals surface area contributed by atoms with E-state index in [2.05, 4.69) is 15.5 Å². The molecule has 0 spiro atoms. The molecule has 0 radical (unpaired) electrons. The number of halogens is 6. The lowest BCUT2D eigenvalue weighted by Gasteiger charge is -2.14. The zero-order chi connectivity index (χ0) is 24.4. The van der Waals surface area contributed by atoms with E-state index >= 15 is 0 Å². The topological polar surface area (TPSA) is 59.8 Å². The van der Waals surface area contributed by atoms with Crippen molar-refractivity contribution in [3.63, 3.8) is 0 Å². The number of aryl methyl sites for hydroxylation is 1. The van der Waals surface area contributed by atoms with Crippen molar-refractivity contribution in [2.45, 2.75) is 37.9 Å². The summed E-state index contributed by atoms with van der Waals surface area (Å²) in [5, 5.41) is 10.7. The third-order valence-corrected chi connectivity index (χ3v) is 5.51. The third kappa shape index (κ3) is 6.06. The molecule has 1 N–H and O–H groups in total. The van der Waals surface area contributed by atoms with Gasteiger partial charge in [-0.2, -0.15) is 26.3 Å². The molecule has 0 saturated carbocycles. The number of amides is 1. The second-order valence-corrected chi connectivity index (χ2v) is 7.99. The Bertz CT molecular complexity index is 1110. The van der Waals surface area contributed by atoms with Gasteiger partial charge in [-0.15, -0.1) is 10.2 Å². The number of nitrogens with zero attached hydrogens (tertiary/aromatic N) is 3. The Kier molecular flexibility index (Phi) is 7.06. The molecule has 0 bridgehead atoms. The van der Waals surface area contributed by atoms with Gasteiger partial charge in [-0.05, 0) is 32.0 Å². The molecule has 0 aliphatic carbocycles. The van der Waals surface area contributed by atoms with Crippen LogP contribution in [-0.4, -0.2) is 26.4 Å². The second kappa shape index (κ2) is 9.46. The number of anilines is 1. The summed E-state index contributed by atoms with van der Waals surface area (Å²) in [5.74, 6) is -0.494. The number of thioether (sulfide) groups is 1. The molecule has 3 aromatic rings. The maximum absolute atomic E-state index is 13.0. The molecule has 1 heterocycles. The molecule has 3 rings (SSSR count). The van der Waals surface area contributed by atoms with Crippen LogP contribution < -0.4 is 5.32 Å². The van der Waals surface area contributed by atoms with Crippen molar-refractivity contribution in [1.82, 2.24) is 14.8 Å². The molecule has 0 saturated heterocycles. The number of nitrogens with one attached hydrogen (secondary N) is 1. The fraction of sp³-hybridized carbons (Fsp3) is 0.286. The van der Waals surface area contributed by atoms with Crippen molar-refractivity contribution >= 4 is 23.4 Å². The van der Waals surface area contributed by atoms with Gasteiger partial charge in [0, 0.05) is 17.8 Å². The van der Waals surface area contributed by atoms with Crippen LogP contribution in [0.5, 0.6) is 0 Å². The van der Waals surface area contributed by atoms with Crippen LogP contribution in [0.25, 0.3) is 11.4 Å². The molecular formula is C21H18F6N4OS. The average Bonchev–Trinajstić information content (AvgIpc) is 3.14. The molecule has 12 heteroatoms. The Balaban J connectivity index is 1.75. The van der Waals surface area contributed by atoms with E-state index in [1.165, 1.54) is 0 Å². The van der Waals surface area contributed by atoms with E-state index in [1.54, 1.807) is 4.57 Å². The molecule has 33 heavy (non-hydrogen) atoms. The highest BCUT2D eigenvalue weighted by Crippen LogP contribution is 2.37. The summed E-state index contributed by atoms with van der Waals surface area (Å²) in [6, 6.07) is 8.49. The van der Waals surface area contributed by atoms with E-state index in [0.29, 0.717) is 29.7 Å². The van der Waals surface area contributed by atoms with Gasteiger partial charge in [-0.1, -0.05) is 41.6 Å². The van der Waals surface area contributed by atoms with E-state index < -0.39 is 35.1 Å². The van der Waals surface area contributed by atoms with Gasteiger partial charge >= 0.3 is 12.4 Å². The Hall–Kier alpha value is -3.02. The van der Waals surface area contributed by atoms with E-state index in [4.69, 9.17) is 0 Å². The van der Waals surface area contributed by atoms with Gasteiger partial charge < -0.3 is 9.88 Å². The van der Waals surface area contributed by atoms with Crippen molar-refractivity contribution < 1.29 is 31.1 Å². The molecule has 1 aromatic heterocycles. The number of carbonyl (C=O) groups excluding carboxylic acids is 1. The molecule has 0 unspecified atom stereocenters. The predicted octanol–water partition coefficient (Wildman–Crippen LogP) is 6.04. The largest absolute Gasteiger partial charge is 0.416 e. The fourth-order valence-electron chi connectivity index (χ4n) is 2.95. The highest BCUT2D eigenvalue weighted by Gasteiger charge is 2.37. The summed E-state index contributed by atoms with van der Waals surface area (Å²) in [6.07, 6.45) is -10.0. The third-order valence-electron chi connectivity index (χ3n) is 4.55. The maximum Gasteiger partial charge on any atom is 0.416 e. The first-order valence-corrected chi connectivity index (χ1v) is 10.6. The van der Waals surface area contributed by atoms with Crippen molar-refractivity contribution in [3.8, 4) is 11.4 Å². The quantitative estimate of drug-likeness (QED) is 0.339. The summed E-state index contributed by atoms with van der Waals surface area (Å²) in [4.78, 5) is 12.3. The highest BCUT2D eigenvalue weighted by atomic mass is 32.2. The number of benzene rings is 2. The number of aromatic nitrogens is 3. The summed E-state index contributed by atoms with van der Waals surface area (Å²) in [6.45, 7) is 4.28. The molecular weight excluding hydrogens is 470 g/mol. The van der Waals surface area contributed by atoms with E-state index in [1.807, 2.05) is 38.1 Å². The van der Waals surface area contributed by atoms with E-state index in [0.717, 1.165) is 22.9 Å². The van der Waals surface area contributed by atoms with Crippen LogP contribution >= 0.6 is 11.8 Å². The number of hydrogen-bond donors (Lipinski definition) is 1. The maximum atomic E-state index is 13.0. The number of hydrogen-bond acceptors (Lipinski definition) is 4. The Morgan fingerprint density at radius 3 is 2.06 bits per heavy atom. The van der Waals surface area contributed by atoms with Gasteiger partial charge in [0.05, 0.1) is 16.9 Å². The number of rotatable bonds is 6. The first kappa shape index (κ1) is 24.6. The summed E-state index contributed by atoms with van der Waals surface area (Å²) >= 11 is 0.970. The number of carbonyl (C=O) groups is 1. The lowest BCUT2D eigenvalue weighted by molar-refractivity contribution is -0.143. The average molecular weight is 488 g/mol. The van der Waals surface area contributed by atoms with E-state index in [9.17, 15) is 31.1 Å². The monoisotopic (exact) mass is 488 g/mol. The van der Waals surface area contributed by atoms with Crippen LogP contribution in [0.4, 0.5) is 32.0 Å². The minimum absolute atomic E-state index is 0.000727. The normalized spacial score (nSPS) is 12.1. The van der Waals surface area contributed by atoms with Gasteiger partial charge in [0.2, 0.25) is 5.91 Å². The van der Waals surface area contributed by atoms with Crippen molar-refractivity contribution in [1.29, 1.82) is 0 Å². The fourth-order valence-corrected chi connectivity index (χ4v) is 3.75. The summed E-state index contributed by atoms with van der Waals surface area (Å²) in [7, 11) is 0. The molecule has 0 aliphatic rings. The van der Waals surface area contributed by atoms with Crippen LogP contribution in [0.3, 0.4) is 0 Å². The van der Waals surface area contributed by atoms with Gasteiger partial charge in [-0.3, -0.25) is 4.79 Å². The van der Waals surface area contributed by atoms with Crippen LogP contribution in [0.15, 0.2) is 47.6 Å². The second-order valence-electron chi connectivity index (χ2n) is 7.05.